The van der Waals surface area contributed by atoms with Crippen molar-refractivity contribution in [3.63, 3.8) is 0 Å². The van der Waals surface area contributed by atoms with Crippen LogP contribution in [0.2, 0.25) is 0 Å². The number of aromatic hydroxyl groups is 2. The maximum absolute atomic E-state index is 13.1. The van der Waals surface area contributed by atoms with Crippen molar-refractivity contribution in [1.29, 1.82) is 0 Å². The highest BCUT2D eigenvalue weighted by Crippen LogP contribution is 2.29. The van der Waals surface area contributed by atoms with E-state index in [1.165, 1.54) is 0 Å². The van der Waals surface area contributed by atoms with Gasteiger partial charge in [0.2, 0.25) is 11.8 Å². The highest BCUT2D eigenvalue weighted by Gasteiger charge is 2.33. The number of piperazine rings is 1. The average molecular weight is 406 g/mol. The number of nitrogens with two attached hydrogens (primary N) is 1. The zero-order valence-electron chi connectivity index (χ0n) is 16.6. The maximum atomic E-state index is 13.1. The van der Waals surface area contributed by atoms with Crippen LogP contribution < -0.4 is 11.1 Å². The van der Waals surface area contributed by atoms with E-state index in [1.54, 1.807) is 24.4 Å². The number of hydrogen-bond acceptors (Lipinski definition) is 6. The summed E-state index contributed by atoms with van der Waals surface area (Å²) in [6, 6.07) is 10.1. The Kier molecular flexibility index (Phi) is 5.83. The highest BCUT2D eigenvalue weighted by atomic mass is 16.3. The number of phenolic OH excluding ortho intramolecular Hbond substituents is 1. The van der Waals surface area contributed by atoms with Crippen molar-refractivity contribution in [3.05, 3.63) is 72.0 Å². The lowest BCUT2D eigenvalue weighted by atomic mass is 9.91. The highest BCUT2D eigenvalue weighted by molar-refractivity contribution is 5.83. The quantitative estimate of drug-likeness (QED) is 0.602. The van der Waals surface area contributed by atoms with Gasteiger partial charge in [0.1, 0.15) is 5.75 Å². The van der Waals surface area contributed by atoms with Gasteiger partial charge in [0.25, 0.3) is 0 Å². The van der Waals surface area contributed by atoms with E-state index < -0.39 is 6.04 Å². The second-order valence-corrected chi connectivity index (χ2v) is 7.83. The molecule has 2 heterocycles. The lowest BCUT2D eigenvalue weighted by molar-refractivity contribution is -0.137. The Morgan fingerprint density at radius 2 is 2.00 bits per heavy atom. The van der Waals surface area contributed by atoms with Gasteiger partial charge in [0, 0.05) is 24.8 Å². The predicted octanol–water partition coefficient (Wildman–Crippen LogP) is 1.78. The third-order valence-electron chi connectivity index (χ3n) is 5.52. The van der Waals surface area contributed by atoms with E-state index in [-0.39, 0.29) is 29.6 Å². The van der Waals surface area contributed by atoms with Gasteiger partial charge in [-0.05, 0) is 54.2 Å². The minimum absolute atomic E-state index is 0.00304. The molecule has 1 fully saturated rings. The second kappa shape index (κ2) is 8.69. The van der Waals surface area contributed by atoms with Crippen molar-refractivity contribution in [2.75, 3.05) is 13.1 Å². The molecule has 30 heavy (non-hydrogen) atoms. The number of allylic oxidation sites excluding steroid dienone is 3. The second-order valence-electron chi connectivity index (χ2n) is 7.83. The van der Waals surface area contributed by atoms with E-state index >= 15 is 0 Å². The molecule has 1 saturated heterocycles. The summed E-state index contributed by atoms with van der Waals surface area (Å²) in [5.74, 6) is 0.363. The fourth-order valence-electron chi connectivity index (χ4n) is 4.07. The molecule has 5 N–H and O–H groups in total. The fraction of sp³-hybridized carbons (Fsp3) is 0.304. The Labute approximate surface area is 175 Å². The van der Waals surface area contributed by atoms with E-state index in [4.69, 9.17) is 5.73 Å². The monoisotopic (exact) mass is 406 g/mol. The van der Waals surface area contributed by atoms with Crippen LogP contribution in [0.5, 0.6) is 11.6 Å². The number of phenols is 1. The predicted molar refractivity (Wildman–Crippen MR) is 114 cm³/mol. The van der Waals surface area contributed by atoms with E-state index in [0.29, 0.717) is 25.1 Å². The Balaban J connectivity index is 1.46. The minimum atomic E-state index is -0.400. The summed E-state index contributed by atoms with van der Waals surface area (Å²) in [4.78, 5) is 18.9. The van der Waals surface area contributed by atoms with Crippen molar-refractivity contribution >= 4 is 11.5 Å². The first-order chi connectivity index (χ1) is 14.5. The molecule has 3 atom stereocenters. The number of rotatable bonds is 5. The average Bonchev–Trinajstić information content (AvgIpc) is 2.73. The van der Waals surface area contributed by atoms with Crippen LogP contribution in [0.1, 0.15) is 17.5 Å². The molecule has 1 aromatic carbocycles. The molecule has 2 aromatic rings. The van der Waals surface area contributed by atoms with Gasteiger partial charge in [-0.15, -0.1) is 0 Å². The van der Waals surface area contributed by atoms with Gasteiger partial charge in [-0.1, -0.05) is 30.4 Å². The third kappa shape index (κ3) is 4.53. The van der Waals surface area contributed by atoms with E-state index in [0.717, 1.165) is 17.6 Å². The van der Waals surface area contributed by atoms with Crippen LogP contribution in [-0.4, -0.2) is 51.3 Å². The SMILES string of the molecule is N[C@H]1CN(C[C@@H]2C=C(c3cccnc3O)C=CC2)C(=O)[C@H](Cc2ccc(O)cc2)N1. The Bertz CT molecular complexity index is 971. The van der Waals surface area contributed by atoms with Crippen LogP contribution in [0.15, 0.2) is 60.8 Å². The summed E-state index contributed by atoms with van der Waals surface area (Å²) < 4.78 is 0. The lowest BCUT2D eigenvalue weighted by Gasteiger charge is -2.38. The standard InChI is InChI=1S/C23H26N4O3/c24-21-14-27(23(30)20(26-21)12-15-6-8-18(28)9-7-15)13-16-3-1-4-17(11-16)19-5-2-10-25-22(19)29/h1-2,4-11,16,20-21,26,28H,3,12-14,24H2,(H,25,29)/t16-,20-,21+/m0/s1. The fourth-order valence-corrected chi connectivity index (χ4v) is 4.07. The number of hydrogen-bond donors (Lipinski definition) is 4. The van der Waals surface area contributed by atoms with Crippen molar-refractivity contribution in [1.82, 2.24) is 15.2 Å². The Morgan fingerprint density at radius 1 is 1.20 bits per heavy atom. The first-order valence-corrected chi connectivity index (χ1v) is 10.1. The maximum Gasteiger partial charge on any atom is 0.240 e. The zero-order chi connectivity index (χ0) is 21.1. The summed E-state index contributed by atoms with van der Waals surface area (Å²) in [5, 5.41) is 22.7. The molecule has 0 unspecified atom stereocenters. The van der Waals surface area contributed by atoms with Gasteiger partial charge < -0.3 is 20.8 Å². The van der Waals surface area contributed by atoms with Crippen LogP contribution in [0.25, 0.3) is 5.57 Å². The normalized spacial score (nSPS) is 24.0. The summed E-state index contributed by atoms with van der Waals surface area (Å²) in [6.07, 6.45) is 8.72. The molecule has 7 heteroatoms. The Morgan fingerprint density at radius 3 is 2.77 bits per heavy atom. The smallest absolute Gasteiger partial charge is 0.240 e. The Hall–Kier alpha value is -3.16. The summed E-state index contributed by atoms with van der Waals surface area (Å²) in [5.41, 5.74) is 8.74. The number of pyridine rings is 1. The molecule has 1 aliphatic carbocycles. The van der Waals surface area contributed by atoms with Crippen molar-refractivity contribution < 1.29 is 15.0 Å². The van der Waals surface area contributed by atoms with Crippen LogP contribution in [-0.2, 0) is 11.2 Å². The van der Waals surface area contributed by atoms with Gasteiger partial charge in [0.05, 0.1) is 12.2 Å². The van der Waals surface area contributed by atoms with Crippen molar-refractivity contribution in [2.24, 2.45) is 11.7 Å². The van der Waals surface area contributed by atoms with Crippen molar-refractivity contribution in [2.45, 2.75) is 25.0 Å². The molecule has 4 rings (SSSR count). The molecule has 0 radical (unpaired) electrons. The molecular weight excluding hydrogens is 380 g/mol. The summed E-state index contributed by atoms with van der Waals surface area (Å²) >= 11 is 0. The molecule has 0 bridgehead atoms. The minimum Gasteiger partial charge on any atom is -0.508 e. The summed E-state index contributed by atoms with van der Waals surface area (Å²) in [7, 11) is 0. The van der Waals surface area contributed by atoms with Crippen molar-refractivity contribution in [3.8, 4) is 11.6 Å². The number of aromatic nitrogens is 1. The van der Waals surface area contributed by atoms with Crippen LogP contribution in [0.3, 0.4) is 0 Å². The zero-order valence-corrected chi connectivity index (χ0v) is 16.6. The van der Waals surface area contributed by atoms with E-state index in [1.807, 2.05) is 29.2 Å². The van der Waals surface area contributed by atoms with E-state index in [9.17, 15) is 15.0 Å². The molecule has 0 saturated carbocycles. The molecule has 2 aliphatic rings. The largest absolute Gasteiger partial charge is 0.508 e. The molecular formula is C23H26N4O3. The van der Waals surface area contributed by atoms with Gasteiger partial charge in [0.15, 0.2) is 0 Å². The number of carbonyl (C=O) groups excluding carboxylic acids is 1. The van der Waals surface area contributed by atoms with Gasteiger partial charge in [-0.3, -0.25) is 10.1 Å². The molecule has 1 aliphatic heterocycles. The summed E-state index contributed by atoms with van der Waals surface area (Å²) in [6.45, 7) is 1.02. The van der Waals surface area contributed by atoms with Crippen LogP contribution >= 0.6 is 0 Å². The number of benzene rings is 1. The molecule has 1 aromatic heterocycles. The van der Waals surface area contributed by atoms with Crippen LogP contribution in [0, 0.1) is 5.92 Å². The number of nitrogens with zero attached hydrogens (tertiary/aromatic N) is 2. The third-order valence-corrected chi connectivity index (χ3v) is 5.52. The molecule has 7 nitrogen and oxygen atoms in total. The van der Waals surface area contributed by atoms with E-state index in [2.05, 4.69) is 22.5 Å². The number of amides is 1. The first-order valence-electron chi connectivity index (χ1n) is 10.1. The topological polar surface area (TPSA) is 112 Å². The van der Waals surface area contributed by atoms with Crippen LogP contribution in [0.4, 0.5) is 0 Å². The first kappa shape index (κ1) is 20.1. The van der Waals surface area contributed by atoms with Gasteiger partial charge >= 0.3 is 0 Å². The number of nitrogens with one attached hydrogen (secondary N) is 1. The molecule has 1 amide bonds. The molecule has 0 spiro atoms. The van der Waals surface area contributed by atoms with Gasteiger partial charge in [-0.25, -0.2) is 4.98 Å². The van der Waals surface area contributed by atoms with Gasteiger partial charge in [-0.2, -0.15) is 0 Å². The lowest BCUT2D eigenvalue weighted by Crippen LogP contribution is -2.64. The molecule has 156 valence electrons. The number of carbonyl (C=O) groups is 1.